The van der Waals surface area contributed by atoms with Gasteiger partial charge in [0, 0.05) is 43.6 Å². The number of fused-ring (bicyclic) bond motifs is 9. The molecule has 62 heavy (non-hydrogen) atoms. The van der Waals surface area contributed by atoms with Gasteiger partial charge in [-0.05, 0) is 76.2 Å². The third kappa shape index (κ3) is 5.84. The van der Waals surface area contributed by atoms with E-state index in [1.54, 1.807) is 0 Å². The van der Waals surface area contributed by atoms with Crippen LogP contribution in [0.1, 0.15) is 16.7 Å². The van der Waals surface area contributed by atoms with Crippen LogP contribution < -0.4 is 0 Å². The van der Waals surface area contributed by atoms with Crippen molar-refractivity contribution in [2.24, 2.45) is 0 Å². The molecule has 12 aromatic rings. The molecule has 0 bridgehead atoms. The largest absolute Gasteiger partial charge is 0.309 e. The second-order valence-electron chi connectivity index (χ2n) is 15.7. The SMILES string of the molecule is C(=C\c1ccc2c(c1)c1ccccc1n2-c1ccccc1)/C=C(\c1ccccc1)c1cc2c3ccccc3n(-c3nc(-c4ccccc4)c4ccccc4n3)c2c2ccccc12. The minimum Gasteiger partial charge on any atom is -0.309 e. The van der Waals surface area contributed by atoms with Gasteiger partial charge in [0.25, 0.3) is 0 Å². The number of aromatic nitrogens is 4. The third-order valence-electron chi connectivity index (χ3n) is 12.2. The minimum atomic E-state index is 0.650. The van der Waals surface area contributed by atoms with E-state index in [4.69, 9.17) is 9.97 Å². The predicted molar refractivity (Wildman–Crippen MR) is 260 cm³/mol. The topological polar surface area (TPSA) is 35.6 Å². The highest BCUT2D eigenvalue weighted by molar-refractivity contribution is 6.21. The molecule has 12 rings (SSSR count). The van der Waals surface area contributed by atoms with Crippen LogP contribution in [0.25, 0.3) is 99.8 Å². The summed E-state index contributed by atoms with van der Waals surface area (Å²) in [6.07, 6.45) is 6.71. The van der Waals surface area contributed by atoms with Crippen LogP contribution in [0.3, 0.4) is 0 Å². The van der Waals surface area contributed by atoms with Gasteiger partial charge >= 0.3 is 0 Å². The molecule has 0 amide bonds. The monoisotopic (exact) mass is 790 g/mol. The maximum atomic E-state index is 5.38. The molecule has 0 aliphatic rings. The van der Waals surface area contributed by atoms with E-state index in [0.717, 1.165) is 82.7 Å². The van der Waals surface area contributed by atoms with E-state index < -0.39 is 0 Å². The zero-order valence-electron chi connectivity index (χ0n) is 33.7. The molecule has 4 heteroatoms. The van der Waals surface area contributed by atoms with Gasteiger partial charge in [-0.3, -0.25) is 4.57 Å². The highest BCUT2D eigenvalue weighted by atomic mass is 15.2. The quantitative estimate of drug-likeness (QED) is 0.151. The van der Waals surface area contributed by atoms with E-state index >= 15 is 0 Å². The fourth-order valence-corrected chi connectivity index (χ4v) is 9.40. The van der Waals surface area contributed by atoms with Gasteiger partial charge in [-0.25, -0.2) is 9.97 Å². The molecule has 0 saturated carbocycles. The second kappa shape index (κ2) is 14.7. The van der Waals surface area contributed by atoms with Crippen molar-refractivity contribution in [1.29, 1.82) is 0 Å². The van der Waals surface area contributed by atoms with Crippen LogP contribution in [-0.2, 0) is 0 Å². The van der Waals surface area contributed by atoms with E-state index in [9.17, 15) is 0 Å². The van der Waals surface area contributed by atoms with Crippen LogP contribution in [-0.4, -0.2) is 19.1 Å². The van der Waals surface area contributed by atoms with E-state index in [-0.39, 0.29) is 0 Å². The Morgan fingerprint density at radius 3 is 1.76 bits per heavy atom. The summed E-state index contributed by atoms with van der Waals surface area (Å²) in [6, 6.07) is 75.4. The Morgan fingerprint density at radius 2 is 1.00 bits per heavy atom. The first-order valence-electron chi connectivity index (χ1n) is 21.1. The molecule has 290 valence electrons. The molecule has 0 atom stereocenters. The normalized spacial score (nSPS) is 12.2. The summed E-state index contributed by atoms with van der Waals surface area (Å²) in [5.74, 6) is 0.650. The van der Waals surface area contributed by atoms with Gasteiger partial charge in [-0.2, -0.15) is 0 Å². The molecule has 0 spiro atoms. The number of hydrogen-bond acceptors (Lipinski definition) is 2. The van der Waals surface area contributed by atoms with Gasteiger partial charge in [-0.1, -0.05) is 182 Å². The van der Waals surface area contributed by atoms with E-state index in [0.29, 0.717) is 5.95 Å². The molecule has 0 fully saturated rings. The van der Waals surface area contributed by atoms with Crippen LogP contribution in [0.2, 0.25) is 0 Å². The smallest absolute Gasteiger partial charge is 0.235 e. The van der Waals surface area contributed by atoms with E-state index in [2.05, 4.69) is 234 Å². The third-order valence-corrected chi connectivity index (χ3v) is 12.2. The molecule has 0 aliphatic carbocycles. The van der Waals surface area contributed by atoms with Crippen LogP contribution in [0.5, 0.6) is 0 Å². The lowest BCUT2D eigenvalue weighted by Crippen LogP contribution is -2.04. The fourth-order valence-electron chi connectivity index (χ4n) is 9.40. The minimum absolute atomic E-state index is 0.650. The highest BCUT2D eigenvalue weighted by Gasteiger charge is 2.22. The Morgan fingerprint density at radius 1 is 0.419 bits per heavy atom. The standard InChI is InChI=1S/C58H38N4/c1-4-20-40(21-5-1)43(31-18-19-39-35-36-55-50(37-39)45-27-13-16-33-53(45)61(55)42-24-8-3-9-25-42)49-38-51-46-28-14-17-34-54(46)62(57(51)47-29-11-10-26-44(47)49)58-59-52-32-15-12-30-48(52)56(60-58)41-22-6-2-7-23-41/h1-38H/b19-18+,43-31+. The molecule has 0 aliphatic heterocycles. The lowest BCUT2D eigenvalue weighted by molar-refractivity contribution is 1.02. The summed E-state index contributed by atoms with van der Waals surface area (Å²) in [7, 11) is 0. The van der Waals surface area contributed by atoms with Crippen LogP contribution in [0, 0.1) is 0 Å². The maximum Gasteiger partial charge on any atom is 0.235 e. The lowest BCUT2D eigenvalue weighted by atomic mass is 9.91. The summed E-state index contributed by atoms with van der Waals surface area (Å²) in [4.78, 5) is 10.6. The number of allylic oxidation sites excluding steroid dienone is 2. The Balaban J connectivity index is 1.05. The average molecular weight is 791 g/mol. The molecule has 3 aromatic heterocycles. The Kier molecular flexibility index (Phi) is 8.46. The molecular formula is C58H38N4. The number of rotatable bonds is 7. The van der Waals surface area contributed by atoms with E-state index in [1.165, 1.54) is 21.8 Å². The Labute approximate surface area is 358 Å². The summed E-state index contributed by atoms with van der Waals surface area (Å²) >= 11 is 0. The van der Waals surface area contributed by atoms with Crippen LogP contribution >= 0.6 is 0 Å². The van der Waals surface area contributed by atoms with Gasteiger partial charge in [-0.15, -0.1) is 0 Å². The highest BCUT2D eigenvalue weighted by Crippen LogP contribution is 2.42. The number of benzene rings is 9. The van der Waals surface area contributed by atoms with Crippen molar-refractivity contribution < 1.29 is 0 Å². The second-order valence-corrected chi connectivity index (χ2v) is 15.7. The fraction of sp³-hybridized carbons (Fsp3) is 0. The molecule has 9 aromatic carbocycles. The molecule has 0 saturated heterocycles. The lowest BCUT2D eigenvalue weighted by Gasteiger charge is -2.15. The number of hydrogen-bond donors (Lipinski definition) is 0. The van der Waals surface area contributed by atoms with Crippen LogP contribution in [0.4, 0.5) is 0 Å². The number of para-hydroxylation sites is 4. The van der Waals surface area contributed by atoms with E-state index in [1.807, 2.05) is 6.07 Å². The summed E-state index contributed by atoms with van der Waals surface area (Å²) in [6.45, 7) is 0. The van der Waals surface area contributed by atoms with Gasteiger partial charge < -0.3 is 4.57 Å². The van der Waals surface area contributed by atoms with Crippen molar-refractivity contribution in [3.63, 3.8) is 0 Å². The Hall–Kier alpha value is -8.34. The summed E-state index contributed by atoms with van der Waals surface area (Å²) < 4.78 is 4.63. The van der Waals surface area contributed by atoms with Gasteiger partial charge in [0.2, 0.25) is 5.95 Å². The molecule has 0 radical (unpaired) electrons. The molecule has 4 nitrogen and oxygen atoms in total. The molecular weight excluding hydrogens is 753 g/mol. The van der Waals surface area contributed by atoms with Crippen molar-refractivity contribution in [1.82, 2.24) is 19.1 Å². The van der Waals surface area contributed by atoms with Crippen LogP contribution in [0.15, 0.2) is 224 Å². The first-order valence-corrected chi connectivity index (χ1v) is 21.1. The van der Waals surface area contributed by atoms with Crippen molar-refractivity contribution in [2.75, 3.05) is 0 Å². The Bertz CT molecular complexity index is 3730. The molecule has 3 heterocycles. The van der Waals surface area contributed by atoms with Gasteiger partial charge in [0.15, 0.2) is 0 Å². The first kappa shape index (κ1) is 35.6. The molecule has 0 unspecified atom stereocenters. The summed E-state index contributed by atoms with van der Waals surface area (Å²) in [5, 5.41) is 8.10. The first-order chi connectivity index (χ1) is 30.8. The zero-order valence-corrected chi connectivity index (χ0v) is 33.7. The summed E-state index contributed by atoms with van der Waals surface area (Å²) in [5.41, 5.74) is 13.2. The van der Waals surface area contributed by atoms with Crippen molar-refractivity contribution in [3.8, 4) is 22.9 Å². The predicted octanol–water partition coefficient (Wildman–Crippen LogP) is 14.8. The number of nitrogens with zero attached hydrogens (tertiary/aromatic N) is 4. The maximum absolute atomic E-state index is 5.38. The van der Waals surface area contributed by atoms with Gasteiger partial charge in [0.1, 0.15) is 0 Å². The van der Waals surface area contributed by atoms with Crippen molar-refractivity contribution in [2.45, 2.75) is 0 Å². The average Bonchev–Trinajstić information content (AvgIpc) is 3.86. The van der Waals surface area contributed by atoms with Gasteiger partial charge in [0.05, 0.1) is 33.3 Å². The van der Waals surface area contributed by atoms with Crippen molar-refractivity contribution in [3.05, 3.63) is 241 Å². The van der Waals surface area contributed by atoms with Crippen molar-refractivity contribution >= 4 is 76.9 Å². The zero-order chi connectivity index (χ0) is 41.0. The molecule has 0 N–H and O–H groups in total.